The summed E-state index contributed by atoms with van der Waals surface area (Å²) in [5.74, 6) is -0.921. The Bertz CT molecular complexity index is 1470. The molecule has 6 heteroatoms. The molecule has 0 spiro atoms. The maximum atomic E-state index is 12.8. The van der Waals surface area contributed by atoms with E-state index >= 15 is 0 Å². The highest BCUT2D eigenvalue weighted by Gasteiger charge is 2.19. The van der Waals surface area contributed by atoms with Crippen LogP contribution in [0.5, 0.6) is 0 Å². The highest BCUT2D eigenvalue weighted by Crippen LogP contribution is 2.15. The SMILES string of the molecule is CC/C=C\C/C=C\C/C=C\C/C=C\C/C=C\C/C=C\C/C=C\CCCCCCCC(=O)OCC(COC(=O)CCCCCCCCCCCCCC)OC(=O)CCCCCCC/C=C\C/C=C\CCCCC. The number of carbonyl (C=O) groups excluding carboxylic acids is 3. The zero-order valence-corrected chi connectivity index (χ0v) is 46.9. The molecule has 0 radical (unpaired) electrons. The standard InChI is InChI=1S/C66H110O6/c1-4-7-10-13-16-19-22-25-27-28-29-30-31-32-33-34-35-36-37-38-40-41-44-47-50-53-56-59-65(68)71-62-63(61-70-64(67)58-55-52-49-46-43-24-21-18-15-12-9-6-3)72-66(69)60-57-54-51-48-45-42-39-26-23-20-17-14-11-8-5-2/h7,10,16-17,19-20,25-27,29-30,32-33,35-36,38-40,63H,4-6,8-9,11-15,18,21-24,28,31,34,37,41-62H2,1-3H3/b10-7-,19-16-,20-17-,27-25-,30-29-,33-32-,36-35-,39-26-,40-38-. The van der Waals surface area contributed by atoms with Gasteiger partial charge in [0.1, 0.15) is 13.2 Å². The number of esters is 3. The minimum atomic E-state index is -0.794. The van der Waals surface area contributed by atoms with Crippen LogP contribution in [0.1, 0.15) is 271 Å². The summed E-state index contributed by atoms with van der Waals surface area (Å²) < 4.78 is 16.8. The van der Waals surface area contributed by atoms with Gasteiger partial charge in [-0.2, -0.15) is 0 Å². The van der Waals surface area contributed by atoms with Crippen LogP contribution in [0.4, 0.5) is 0 Å². The first-order chi connectivity index (χ1) is 35.5. The average Bonchev–Trinajstić information content (AvgIpc) is 3.38. The minimum absolute atomic E-state index is 0.0892. The van der Waals surface area contributed by atoms with Crippen molar-refractivity contribution in [1.82, 2.24) is 0 Å². The van der Waals surface area contributed by atoms with Crippen molar-refractivity contribution in [3.8, 4) is 0 Å². The lowest BCUT2D eigenvalue weighted by molar-refractivity contribution is -0.167. The van der Waals surface area contributed by atoms with Crippen molar-refractivity contribution >= 4 is 17.9 Å². The fourth-order valence-corrected chi connectivity index (χ4v) is 8.04. The smallest absolute Gasteiger partial charge is 0.306 e. The molecule has 0 fully saturated rings. The van der Waals surface area contributed by atoms with Gasteiger partial charge < -0.3 is 14.2 Å². The lowest BCUT2D eigenvalue weighted by Gasteiger charge is -2.18. The fraction of sp³-hybridized carbons (Fsp3) is 0.682. The van der Waals surface area contributed by atoms with Crippen molar-refractivity contribution in [2.75, 3.05) is 13.2 Å². The third-order valence-corrected chi connectivity index (χ3v) is 12.5. The van der Waals surface area contributed by atoms with E-state index in [1.54, 1.807) is 0 Å². The maximum absolute atomic E-state index is 12.8. The molecular weight excluding hydrogens is 889 g/mol. The summed E-state index contributed by atoms with van der Waals surface area (Å²) in [6.07, 6.45) is 80.8. The highest BCUT2D eigenvalue weighted by molar-refractivity contribution is 5.71. The summed E-state index contributed by atoms with van der Waals surface area (Å²) in [4.78, 5) is 38.2. The number of rotatable bonds is 53. The van der Waals surface area contributed by atoms with Gasteiger partial charge in [-0.05, 0) is 109 Å². The van der Waals surface area contributed by atoms with E-state index in [1.165, 1.54) is 83.5 Å². The van der Waals surface area contributed by atoms with E-state index in [0.717, 1.165) is 148 Å². The monoisotopic (exact) mass is 999 g/mol. The molecule has 0 bridgehead atoms. The topological polar surface area (TPSA) is 78.9 Å². The highest BCUT2D eigenvalue weighted by atomic mass is 16.6. The van der Waals surface area contributed by atoms with Gasteiger partial charge in [-0.25, -0.2) is 0 Å². The molecule has 0 aromatic carbocycles. The van der Waals surface area contributed by atoms with Gasteiger partial charge in [0.15, 0.2) is 6.10 Å². The van der Waals surface area contributed by atoms with E-state index in [0.29, 0.717) is 19.3 Å². The van der Waals surface area contributed by atoms with E-state index in [4.69, 9.17) is 14.2 Å². The van der Waals surface area contributed by atoms with Gasteiger partial charge in [0.2, 0.25) is 0 Å². The summed E-state index contributed by atoms with van der Waals surface area (Å²) in [7, 11) is 0. The average molecular weight is 1000 g/mol. The van der Waals surface area contributed by atoms with Gasteiger partial charge in [0.25, 0.3) is 0 Å². The van der Waals surface area contributed by atoms with Crippen molar-refractivity contribution < 1.29 is 28.6 Å². The molecule has 0 amide bonds. The summed E-state index contributed by atoms with van der Waals surface area (Å²) in [6, 6.07) is 0. The van der Waals surface area contributed by atoms with Crippen molar-refractivity contribution in [2.24, 2.45) is 0 Å². The van der Waals surface area contributed by atoms with Crippen LogP contribution in [-0.2, 0) is 28.6 Å². The number of carbonyl (C=O) groups is 3. The molecule has 72 heavy (non-hydrogen) atoms. The van der Waals surface area contributed by atoms with Crippen LogP contribution in [0.3, 0.4) is 0 Å². The molecule has 0 aliphatic rings. The van der Waals surface area contributed by atoms with Crippen LogP contribution >= 0.6 is 0 Å². The van der Waals surface area contributed by atoms with E-state index in [9.17, 15) is 14.4 Å². The van der Waals surface area contributed by atoms with Gasteiger partial charge in [0.05, 0.1) is 0 Å². The molecule has 1 unspecified atom stereocenters. The summed E-state index contributed by atoms with van der Waals surface area (Å²) in [5.41, 5.74) is 0. The Kier molecular flexibility index (Phi) is 56.4. The van der Waals surface area contributed by atoms with E-state index in [1.807, 2.05) is 0 Å². The summed E-state index contributed by atoms with van der Waals surface area (Å²) >= 11 is 0. The second-order valence-corrected chi connectivity index (χ2v) is 19.5. The number of allylic oxidation sites excluding steroid dienone is 18. The molecule has 0 aromatic heterocycles. The first kappa shape index (κ1) is 68.1. The Balaban J connectivity index is 4.37. The van der Waals surface area contributed by atoms with E-state index in [2.05, 4.69) is 130 Å². The Morgan fingerprint density at radius 2 is 0.542 bits per heavy atom. The van der Waals surface area contributed by atoms with Crippen molar-refractivity contribution in [3.05, 3.63) is 109 Å². The normalized spacial score (nSPS) is 12.9. The number of hydrogen-bond donors (Lipinski definition) is 0. The molecule has 410 valence electrons. The number of unbranched alkanes of at least 4 members (excludes halogenated alkanes) is 24. The van der Waals surface area contributed by atoms with Crippen LogP contribution in [0, 0.1) is 0 Å². The second-order valence-electron chi connectivity index (χ2n) is 19.5. The lowest BCUT2D eigenvalue weighted by Crippen LogP contribution is -2.30. The molecule has 0 aliphatic carbocycles. The van der Waals surface area contributed by atoms with Crippen LogP contribution < -0.4 is 0 Å². The minimum Gasteiger partial charge on any atom is -0.462 e. The fourth-order valence-electron chi connectivity index (χ4n) is 8.04. The zero-order chi connectivity index (χ0) is 52.2. The molecule has 0 heterocycles. The van der Waals surface area contributed by atoms with Gasteiger partial charge in [-0.15, -0.1) is 0 Å². The van der Waals surface area contributed by atoms with Gasteiger partial charge in [-0.3, -0.25) is 14.4 Å². The van der Waals surface area contributed by atoms with Crippen LogP contribution in [0.2, 0.25) is 0 Å². The van der Waals surface area contributed by atoms with Crippen LogP contribution in [-0.4, -0.2) is 37.2 Å². The molecule has 0 aliphatic heterocycles. The predicted octanol–water partition coefficient (Wildman–Crippen LogP) is 20.3. The van der Waals surface area contributed by atoms with Crippen molar-refractivity contribution in [2.45, 2.75) is 277 Å². The van der Waals surface area contributed by atoms with Crippen molar-refractivity contribution in [3.63, 3.8) is 0 Å². The molecule has 0 saturated carbocycles. The van der Waals surface area contributed by atoms with Crippen LogP contribution in [0.25, 0.3) is 0 Å². The third-order valence-electron chi connectivity index (χ3n) is 12.5. The lowest BCUT2D eigenvalue weighted by atomic mass is 10.0. The van der Waals surface area contributed by atoms with Gasteiger partial charge in [0, 0.05) is 19.3 Å². The van der Waals surface area contributed by atoms with E-state index < -0.39 is 6.10 Å². The zero-order valence-electron chi connectivity index (χ0n) is 46.9. The van der Waals surface area contributed by atoms with Gasteiger partial charge >= 0.3 is 17.9 Å². The largest absolute Gasteiger partial charge is 0.462 e. The molecule has 0 rings (SSSR count). The van der Waals surface area contributed by atoms with Crippen molar-refractivity contribution in [1.29, 1.82) is 0 Å². The summed E-state index contributed by atoms with van der Waals surface area (Å²) in [6.45, 7) is 6.47. The van der Waals surface area contributed by atoms with E-state index in [-0.39, 0.29) is 31.1 Å². The van der Waals surface area contributed by atoms with Crippen LogP contribution in [0.15, 0.2) is 109 Å². The quantitative estimate of drug-likeness (QED) is 0.0261. The molecule has 0 saturated heterocycles. The maximum Gasteiger partial charge on any atom is 0.306 e. The van der Waals surface area contributed by atoms with Gasteiger partial charge in [-0.1, -0.05) is 252 Å². The molecule has 0 aromatic rings. The molecule has 0 N–H and O–H groups in total. The Labute approximate surface area is 444 Å². The Morgan fingerprint density at radius 3 is 0.875 bits per heavy atom. The number of ether oxygens (including phenoxy) is 3. The Hall–Kier alpha value is -3.93. The first-order valence-electron chi connectivity index (χ1n) is 29.9. The Morgan fingerprint density at radius 1 is 0.292 bits per heavy atom. The molecule has 6 nitrogen and oxygen atoms in total. The third kappa shape index (κ3) is 57.0. The first-order valence-corrected chi connectivity index (χ1v) is 29.9. The second kappa shape index (κ2) is 59.6. The molecular formula is C66H110O6. The molecule has 1 atom stereocenters. The predicted molar refractivity (Wildman–Crippen MR) is 311 cm³/mol. The summed E-state index contributed by atoms with van der Waals surface area (Å²) in [5, 5.41) is 0. The number of hydrogen-bond acceptors (Lipinski definition) is 6.